The van der Waals surface area contributed by atoms with Gasteiger partial charge in [-0.3, -0.25) is 14.7 Å². The Labute approximate surface area is 103 Å². The third-order valence-electron chi connectivity index (χ3n) is 2.37. The molecule has 0 saturated carbocycles. The van der Waals surface area contributed by atoms with Crippen LogP contribution in [0.25, 0.3) is 0 Å². The van der Waals surface area contributed by atoms with Crippen molar-refractivity contribution in [2.24, 2.45) is 0 Å². The van der Waals surface area contributed by atoms with Gasteiger partial charge in [-0.1, -0.05) is 13.8 Å². The molecule has 7 heteroatoms. The van der Waals surface area contributed by atoms with Crippen LogP contribution < -0.4 is 10.9 Å². The van der Waals surface area contributed by atoms with Crippen molar-refractivity contribution in [1.29, 1.82) is 0 Å². The minimum absolute atomic E-state index is 0.128. The standard InChI is InChI=1S/C11H13N5O2/c1-6(2)7-3-9(16-15-7)14-11(18)8-4-13-10(17)5-12-8/h3-6H,1-2H3,(H,13,17)(H2,14,15,16,18). The summed E-state index contributed by atoms with van der Waals surface area (Å²) in [7, 11) is 0. The first-order valence-electron chi connectivity index (χ1n) is 5.47. The van der Waals surface area contributed by atoms with Crippen molar-refractivity contribution in [3.63, 3.8) is 0 Å². The maximum absolute atomic E-state index is 11.8. The van der Waals surface area contributed by atoms with Crippen molar-refractivity contribution in [2.45, 2.75) is 19.8 Å². The zero-order valence-corrected chi connectivity index (χ0v) is 10.0. The van der Waals surface area contributed by atoms with E-state index in [1.165, 1.54) is 6.20 Å². The Morgan fingerprint density at radius 2 is 2.22 bits per heavy atom. The van der Waals surface area contributed by atoms with Crippen molar-refractivity contribution in [3.8, 4) is 0 Å². The smallest absolute Gasteiger partial charge is 0.276 e. The average molecular weight is 247 g/mol. The molecule has 0 aliphatic rings. The lowest BCUT2D eigenvalue weighted by molar-refractivity contribution is 0.102. The third-order valence-corrected chi connectivity index (χ3v) is 2.37. The first-order chi connectivity index (χ1) is 8.56. The van der Waals surface area contributed by atoms with E-state index in [4.69, 9.17) is 0 Å². The predicted molar refractivity (Wildman–Crippen MR) is 65.5 cm³/mol. The number of rotatable bonds is 3. The number of hydrogen-bond donors (Lipinski definition) is 3. The van der Waals surface area contributed by atoms with Crippen LogP contribution in [0.2, 0.25) is 0 Å². The minimum Gasteiger partial charge on any atom is -0.325 e. The van der Waals surface area contributed by atoms with Gasteiger partial charge in [0.1, 0.15) is 5.69 Å². The normalized spacial score (nSPS) is 10.6. The number of amides is 1. The maximum Gasteiger partial charge on any atom is 0.276 e. The van der Waals surface area contributed by atoms with Crippen LogP contribution in [0.4, 0.5) is 5.82 Å². The molecule has 0 atom stereocenters. The Balaban J connectivity index is 2.11. The van der Waals surface area contributed by atoms with Crippen LogP contribution >= 0.6 is 0 Å². The van der Waals surface area contributed by atoms with Gasteiger partial charge in [-0.25, -0.2) is 4.98 Å². The number of carbonyl (C=O) groups excluding carboxylic acids is 1. The second-order valence-corrected chi connectivity index (χ2v) is 4.11. The van der Waals surface area contributed by atoms with Gasteiger partial charge in [-0.2, -0.15) is 5.10 Å². The fourth-order valence-corrected chi connectivity index (χ4v) is 1.34. The molecule has 2 aromatic heterocycles. The Morgan fingerprint density at radius 1 is 1.44 bits per heavy atom. The lowest BCUT2D eigenvalue weighted by Gasteiger charge is -1.99. The Kier molecular flexibility index (Phi) is 3.22. The van der Waals surface area contributed by atoms with Crippen molar-refractivity contribution in [3.05, 3.63) is 40.2 Å². The molecule has 0 saturated heterocycles. The van der Waals surface area contributed by atoms with Gasteiger partial charge in [-0.05, 0) is 5.92 Å². The molecule has 0 aromatic carbocycles. The molecule has 0 aliphatic carbocycles. The van der Waals surface area contributed by atoms with E-state index < -0.39 is 5.91 Å². The highest BCUT2D eigenvalue weighted by Crippen LogP contribution is 2.14. The van der Waals surface area contributed by atoms with Crippen LogP contribution in [0, 0.1) is 0 Å². The van der Waals surface area contributed by atoms with E-state index in [-0.39, 0.29) is 11.3 Å². The molecular formula is C11H13N5O2. The maximum atomic E-state index is 11.8. The summed E-state index contributed by atoms with van der Waals surface area (Å²) >= 11 is 0. The number of aromatic nitrogens is 4. The number of nitrogens with zero attached hydrogens (tertiary/aromatic N) is 2. The largest absolute Gasteiger partial charge is 0.325 e. The summed E-state index contributed by atoms with van der Waals surface area (Å²) < 4.78 is 0. The van der Waals surface area contributed by atoms with Gasteiger partial charge in [0.05, 0.1) is 6.20 Å². The van der Waals surface area contributed by atoms with E-state index in [1.54, 1.807) is 6.07 Å². The molecule has 7 nitrogen and oxygen atoms in total. The fraction of sp³-hybridized carbons (Fsp3) is 0.273. The van der Waals surface area contributed by atoms with Crippen molar-refractivity contribution in [2.75, 3.05) is 5.32 Å². The van der Waals surface area contributed by atoms with Crippen molar-refractivity contribution < 1.29 is 4.79 Å². The lowest BCUT2D eigenvalue weighted by Crippen LogP contribution is -2.17. The summed E-state index contributed by atoms with van der Waals surface area (Å²) in [5.41, 5.74) is 0.705. The molecule has 0 aliphatic heterocycles. The molecule has 2 rings (SSSR count). The number of anilines is 1. The van der Waals surface area contributed by atoms with E-state index in [2.05, 4.69) is 25.5 Å². The number of H-pyrrole nitrogens is 2. The van der Waals surface area contributed by atoms with Gasteiger partial charge in [-0.15, -0.1) is 0 Å². The highest BCUT2D eigenvalue weighted by atomic mass is 16.2. The molecule has 1 amide bonds. The molecule has 18 heavy (non-hydrogen) atoms. The molecule has 0 spiro atoms. The topological polar surface area (TPSA) is 104 Å². The Morgan fingerprint density at radius 3 is 2.78 bits per heavy atom. The minimum atomic E-state index is -0.423. The van der Waals surface area contributed by atoms with Gasteiger partial charge in [0.2, 0.25) is 0 Å². The van der Waals surface area contributed by atoms with Crippen LogP contribution in [0.15, 0.2) is 23.3 Å². The summed E-state index contributed by atoms with van der Waals surface area (Å²) in [5.74, 6) is 0.305. The Bertz CT molecular complexity index is 593. The predicted octanol–water partition coefficient (Wildman–Crippen LogP) is 0.869. The quantitative estimate of drug-likeness (QED) is 0.748. The molecule has 0 bridgehead atoms. The number of aromatic amines is 2. The zero-order chi connectivity index (χ0) is 13.1. The van der Waals surface area contributed by atoms with E-state index >= 15 is 0 Å². The summed E-state index contributed by atoms with van der Waals surface area (Å²) in [6, 6.07) is 1.76. The summed E-state index contributed by atoms with van der Waals surface area (Å²) in [6.07, 6.45) is 2.31. The number of carbonyl (C=O) groups is 1. The van der Waals surface area contributed by atoms with E-state index in [1.807, 2.05) is 13.8 Å². The monoisotopic (exact) mass is 247 g/mol. The van der Waals surface area contributed by atoms with E-state index in [0.717, 1.165) is 11.9 Å². The summed E-state index contributed by atoms with van der Waals surface area (Å²) in [5, 5.41) is 9.38. The first kappa shape index (κ1) is 12.0. The molecule has 0 fully saturated rings. The van der Waals surface area contributed by atoms with Gasteiger partial charge in [0.25, 0.3) is 11.5 Å². The summed E-state index contributed by atoms with van der Waals surface area (Å²) in [6.45, 7) is 4.03. The highest BCUT2D eigenvalue weighted by Gasteiger charge is 2.10. The molecular weight excluding hydrogens is 234 g/mol. The second-order valence-electron chi connectivity index (χ2n) is 4.11. The van der Waals surface area contributed by atoms with Crippen LogP contribution in [0.5, 0.6) is 0 Å². The first-order valence-corrected chi connectivity index (χ1v) is 5.47. The number of hydrogen-bond acceptors (Lipinski definition) is 4. The van der Waals surface area contributed by atoms with Crippen molar-refractivity contribution >= 4 is 11.7 Å². The molecule has 2 aromatic rings. The van der Waals surface area contributed by atoms with Crippen LogP contribution in [0.1, 0.15) is 35.9 Å². The third kappa shape index (κ3) is 2.62. The molecule has 3 N–H and O–H groups in total. The van der Waals surface area contributed by atoms with Crippen LogP contribution in [-0.2, 0) is 0 Å². The molecule has 94 valence electrons. The number of nitrogens with one attached hydrogen (secondary N) is 3. The van der Waals surface area contributed by atoms with Gasteiger partial charge in [0, 0.05) is 18.0 Å². The van der Waals surface area contributed by atoms with E-state index in [9.17, 15) is 9.59 Å². The van der Waals surface area contributed by atoms with E-state index in [0.29, 0.717) is 11.7 Å². The molecule has 0 unspecified atom stereocenters. The van der Waals surface area contributed by atoms with Crippen LogP contribution in [0.3, 0.4) is 0 Å². The highest BCUT2D eigenvalue weighted by molar-refractivity contribution is 6.02. The fourth-order valence-electron chi connectivity index (χ4n) is 1.34. The molecule has 0 radical (unpaired) electrons. The van der Waals surface area contributed by atoms with Gasteiger partial charge in [0.15, 0.2) is 5.82 Å². The Hall–Kier alpha value is -2.44. The van der Waals surface area contributed by atoms with Crippen LogP contribution in [-0.4, -0.2) is 26.1 Å². The zero-order valence-electron chi connectivity index (χ0n) is 10.0. The SMILES string of the molecule is CC(C)c1cc(NC(=O)c2c[nH]c(=O)cn2)n[nH]1. The summed E-state index contributed by atoms with van der Waals surface area (Å²) in [4.78, 5) is 28.7. The van der Waals surface area contributed by atoms with Crippen molar-refractivity contribution in [1.82, 2.24) is 20.2 Å². The molecule has 2 heterocycles. The lowest BCUT2D eigenvalue weighted by atomic mass is 10.1. The van der Waals surface area contributed by atoms with Gasteiger partial charge >= 0.3 is 0 Å². The second kappa shape index (κ2) is 4.82. The average Bonchev–Trinajstić information content (AvgIpc) is 2.78. The van der Waals surface area contributed by atoms with Gasteiger partial charge < -0.3 is 10.3 Å².